The molecule has 5 heteroatoms. The molecule has 2 aromatic carbocycles. The van der Waals surface area contributed by atoms with Gasteiger partial charge in [-0.15, -0.1) is 0 Å². The second-order valence-electron chi connectivity index (χ2n) is 6.13. The number of nitrogens with zero attached hydrogens (tertiary/aromatic N) is 1. The van der Waals surface area contributed by atoms with E-state index in [4.69, 9.17) is 0 Å². The van der Waals surface area contributed by atoms with Crippen LogP contribution >= 0.6 is 0 Å². The molecule has 1 aliphatic carbocycles. The van der Waals surface area contributed by atoms with Crippen molar-refractivity contribution in [3.8, 4) is 0 Å². The van der Waals surface area contributed by atoms with Crippen LogP contribution in [0.4, 0.5) is 0 Å². The number of hydrogen-bond donors (Lipinski definition) is 0. The number of Topliss-reactive ketones (excluding diaryl/α,β-unsaturated/α-hetero) is 1. The highest BCUT2D eigenvalue weighted by atomic mass is 32.2. The van der Waals surface area contributed by atoms with E-state index >= 15 is 0 Å². The topological polar surface area (TPSA) is 54.2 Å². The van der Waals surface area contributed by atoms with Crippen LogP contribution < -0.4 is 0 Å². The zero-order valence-electron chi connectivity index (χ0n) is 12.5. The molecule has 1 unspecified atom stereocenters. The van der Waals surface area contributed by atoms with Crippen molar-refractivity contribution in [2.75, 3.05) is 0 Å². The summed E-state index contributed by atoms with van der Waals surface area (Å²) in [7, 11) is -3.65. The van der Waals surface area contributed by atoms with Crippen LogP contribution in [-0.2, 0) is 14.8 Å². The zero-order valence-corrected chi connectivity index (χ0v) is 13.3. The fourth-order valence-corrected chi connectivity index (χ4v) is 4.84. The van der Waals surface area contributed by atoms with Crippen LogP contribution in [0.3, 0.4) is 0 Å². The fourth-order valence-electron chi connectivity index (χ4n) is 3.09. The molecule has 4 nitrogen and oxygen atoms in total. The highest BCUT2D eigenvalue weighted by Crippen LogP contribution is 2.51. The monoisotopic (exact) mass is 327 g/mol. The molecule has 0 N–H and O–H groups in total. The van der Waals surface area contributed by atoms with Gasteiger partial charge in [0.05, 0.1) is 10.9 Å². The Bertz CT molecular complexity index is 829. The molecule has 1 saturated heterocycles. The summed E-state index contributed by atoms with van der Waals surface area (Å²) < 4.78 is 27.2. The number of benzene rings is 2. The van der Waals surface area contributed by atoms with Crippen molar-refractivity contribution in [1.29, 1.82) is 0 Å². The van der Waals surface area contributed by atoms with Gasteiger partial charge < -0.3 is 0 Å². The van der Waals surface area contributed by atoms with Crippen LogP contribution in [0, 0.1) is 5.92 Å². The second-order valence-corrected chi connectivity index (χ2v) is 7.97. The van der Waals surface area contributed by atoms with E-state index in [0.717, 1.165) is 18.4 Å². The van der Waals surface area contributed by atoms with Gasteiger partial charge in [-0.1, -0.05) is 48.5 Å². The Labute approximate surface area is 135 Å². The molecule has 118 valence electrons. The summed E-state index contributed by atoms with van der Waals surface area (Å²) in [6, 6.07) is 16.8. The van der Waals surface area contributed by atoms with Crippen LogP contribution in [0.15, 0.2) is 65.6 Å². The predicted molar refractivity (Wildman–Crippen MR) is 86.2 cm³/mol. The lowest BCUT2D eigenvalue weighted by molar-refractivity contribution is -0.120. The van der Waals surface area contributed by atoms with E-state index in [0.29, 0.717) is 0 Å². The molecular weight excluding hydrogens is 310 g/mol. The number of sulfonamides is 1. The summed E-state index contributed by atoms with van der Waals surface area (Å²) in [5.74, 6) is 0.112. The van der Waals surface area contributed by atoms with Crippen molar-refractivity contribution < 1.29 is 13.2 Å². The van der Waals surface area contributed by atoms with Gasteiger partial charge in [0.2, 0.25) is 10.0 Å². The molecule has 2 fully saturated rings. The van der Waals surface area contributed by atoms with E-state index in [9.17, 15) is 13.2 Å². The van der Waals surface area contributed by atoms with E-state index in [2.05, 4.69) is 0 Å². The lowest BCUT2D eigenvalue weighted by atomic mass is 10.1. The van der Waals surface area contributed by atoms with Crippen LogP contribution in [0.25, 0.3) is 0 Å². The third kappa shape index (κ3) is 2.50. The third-order valence-corrected chi connectivity index (χ3v) is 6.37. The maximum absolute atomic E-state index is 12.9. The number of ketones is 1. The molecule has 0 spiro atoms. The molecule has 1 heterocycles. The molecule has 4 rings (SSSR count). The average Bonchev–Trinajstić information content (AvgIpc) is 3.49. The fraction of sp³-hybridized carbons (Fsp3) is 0.278. The van der Waals surface area contributed by atoms with Gasteiger partial charge in [0.25, 0.3) is 0 Å². The standard InChI is InChI=1S/C18H17NO3S/c20-18(14-11-12-14)17-16(13-7-3-1-4-8-13)19(17)23(21,22)15-9-5-2-6-10-15/h1-10,14,16-17H,11-12H2/t16-,17-,19?/m1/s1. The molecule has 1 aliphatic heterocycles. The van der Waals surface area contributed by atoms with Crippen molar-refractivity contribution >= 4 is 15.8 Å². The smallest absolute Gasteiger partial charge is 0.244 e. The molecule has 23 heavy (non-hydrogen) atoms. The third-order valence-electron chi connectivity index (χ3n) is 4.49. The zero-order chi connectivity index (χ0) is 16.0. The minimum absolute atomic E-state index is 0.0437. The predicted octanol–water partition coefficient (Wildman–Crippen LogP) is 2.78. The molecule has 1 saturated carbocycles. The molecule has 3 atom stereocenters. The van der Waals surface area contributed by atoms with E-state index in [1.54, 1.807) is 30.3 Å². The largest absolute Gasteiger partial charge is 0.297 e. The van der Waals surface area contributed by atoms with Crippen molar-refractivity contribution in [2.24, 2.45) is 5.92 Å². The normalized spacial score (nSPS) is 26.7. The summed E-state index contributed by atoms with van der Waals surface area (Å²) >= 11 is 0. The first kappa shape index (κ1) is 14.6. The first-order valence-electron chi connectivity index (χ1n) is 7.78. The van der Waals surface area contributed by atoms with Gasteiger partial charge in [-0.25, -0.2) is 8.42 Å². The second kappa shape index (κ2) is 5.28. The first-order valence-corrected chi connectivity index (χ1v) is 9.22. The number of carbonyl (C=O) groups excluding carboxylic acids is 1. The Kier molecular flexibility index (Phi) is 3.36. The Morgan fingerprint density at radius 1 is 0.913 bits per heavy atom. The van der Waals surface area contributed by atoms with Crippen LogP contribution in [0.1, 0.15) is 24.4 Å². The maximum Gasteiger partial charge on any atom is 0.244 e. The molecule has 0 radical (unpaired) electrons. The van der Waals surface area contributed by atoms with Gasteiger partial charge in [-0.2, -0.15) is 4.31 Å². The van der Waals surface area contributed by atoms with Crippen LogP contribution in [-0.4, -0.2) is 24.5 Å². The Morgan fingerprint density at radius 3 is 2.04 bits per heavy atom. The van der Waals surface area contributed by atoms with Gasteiger partial charge in [0, 0.05) is 5.92 Å². The van der Waals surface area contributed by atoms with E-state index in [1.807, 2.05) is 30.3 Å². The maximum atomic E-state index is 12.9. The lowest BCUT2D eigenvalue weighted by Gasteiger charge is -2.06. The molecule has 2 aliphatic rings. The van der Waals surface area contributed by atoms with Gasteiger partial charge >= 0.3 is 0 Å². The minimum atomic E-state index is -3.65. The molecule has 2 aromatic rings. The summed E-state index contributed by atoms with van der Waals surface area (Å²) in [5, 5.41) is 0. The van der Waals surface area contributed by atoms with Gasteiger partial charge in [0.15, 0.2) is 5.78 Å². The van der Waals surface area contributed by atoms with Crippen molar-refractivity contribution in [3.05, 3.63) is 66.2 Å². The number of hydrogen-bond acceptors (Lipinski definition) is 3. The number of rotatable bonds is 5. The van der Waals surface area contributed by atoms with E-state index < -0.39 is 16.1 Å². The Balaban J connectivity index is 1.72. The van der Waals surface area contributed by atoms with Crippen LogP contribution in [0.2, 0.25) is 0 Å². The van der Waals surface area contributed by atoms with Crippen LogP contribution in [0.5, 0.6) is 0 Å². The first-order chi connectivity index (χ1) is 11.1. The summed E-state index contributed by atoms with van der Waals surface area (Å²) in [6.07, 6.45) is 1.77. The van der Waals surface area contributed by atoms with Gasteiger partial charge in [0.1, 0.15) is 6.04 Å². The summed E-state index contributed by atoms with van der Waals surface area (Å²) in [6.45, 7) is 0. The lowest BCUT2D eigenvalue weighted by Crippen LogP contribution is -2.20. The van der Waals surface area contributed by atoms with E-state index in [-0.39, 0.29) is 22.6 Å². The summed E-state index contributed by atoms with van der Waals surface area (Å²) in [4.78, 5) is 12.8. The Hall–Kier alpha value is -1.98. The van der Waals surface area contributed by atoms with Crippen molar-refractivity contribution in [3.63, 3.8) is 0 Å². The van der Waals surface area contributed by atoms with Gasteiger partial charge in [-0.05, 0) is 30.5 Å². The molecular formula is C18H17NO3S. The number of carbonyl (C=O) groups is 1. The summed E-state index contributed by atoms with van der Waals surface area (Å²) in [5.41, 5.74) is 0.881. The van der Waals surface area contributed by atoms with E-state index in [1.165, 1.54) is 4.31 Å². The van der Waals surface area contributed by atoms with Crippen molar-refractivity contribution in [1.82, 2.24) is 4.31 Å². The molecule has 0 aromatic heterocycles. The highest BCUT2D eigenvalue weighted by molar-refractivity contribution is 7.89. The SMILES string of the molecule is O=C(C1CC1)[C@H]1[C@@H](c2ccccc2)N1S(=O)(=O)c1ccccc1. The average molecular weight is 327 g/mol. The Morgan fingerprint density at radius 2 is 1.48 bits per heavy atom. The minimum Gasteiger partial charge on any atom is -0.297 e. The van der Waals surface area contributed by atoms with Gasteiger partial charge in [-0.3, -0.25) is 4.79 Å². The quantitative estimate of drug-likeness (QED) is 0.794. The van der Waals surface area contributed by atoms with Crippen molar-refractivity contribution in [2.45, 2.75) is 29.8 Å². The molecule has 0 amide bonds. The molecule has 0 bridgehead atoms. The highest BCUT2D eigenvalue weighted by Gasteiger charge is 2.61.